The van der Waals surface area contributed by atoms with E-state index in [0.29, 0.717) is 18.7 Å². The van der Waals surface area contributed by atoms with Crippen molar-refractivity contribution in [2.45, 2.75) is 13.8 Å². The summed E-state index contributed by atoms with van der Waals surface area (Å²) in [5.41, 5.74) is 10.8. The number of benzene rings is 2. The van der Waals surface area contributed by atoms with Crippen LogP contribution in [0.2, 0.25) is 0 Å². The molecule has 0 aliphatic carbocycles. The molecule has 3 aromatic rings. The molecule has 0 bridgehead atoms. The van der Waals surface area contributed by atoms with E-state index in [-0.39, 0.29) is 11.5 Å². The van der Waals surface area contributed by atoms with Crippen LogP contribution in [0, 0.1) is 13.8 Å². The lowest BCUT2D eigenvalue weighted by atomic mass is 9.95. The van der Waals surface area contributed by atoms with Gasteiger partial charge in [-0.15, -0.1) is 0 Å². The third-order valence-corrected chi connectivity index (χ3v) is 4.92. The second-order valence-corrected chi connectivity index (χ2v) is 7.28. The van der Waals surface area contributed by atoms with Gasteiger partial charge in [-0.2, -0.15) is 0 Å². The normalized spacial score (nSPS) is 11.2. The molecular formula is C22H26N4O2. The van der Waals surface area contributed by atoms with E-state index in [1.54, 1.807) is 6.07 Å². The van der Waals surface area contributed by atoms with Gasteiger partial charge in [-0.25, -0.2) is 0 Å². The molecule has 0 spiro atoms. The van der Waals surface area contributed by atoms with Crippen LogP contribution in [0.3, 0.4) is 0 Å². The van der Waals surface area contributed by atoms with Crippen LogP contribution in [0.4, 0.5) is 0 Å². The molecule has 0 aliphatic rings. The molecule has 0 unspecified atom stereocenters. The Balaban J connectivity index is 2.21. The first-order valence-corrected chi connectivity index (χ1v) is 9.25. The SMILES string of the molecule is Cc1cc(C(N)=O)c(C(=O)NCCN(C)C)c2c(C)c(-c3ccccc3)[nH]c12. The van der Waals surface area contributed by atoms with Gasteiger partial charge < -0.3 is 20.9 Å². The Hall–Kier alpha value is -3.12. The van der Waals surface area contributed by atoms with E-state index in [4.69, 9.17) is 5.73 Å². The number of carbonyl (C=O) groups is 2. The summed E-state index contributed by atoms with van der Waals surface area (Å²) in [5, 5.41) is 3.66. The second-order valence-electron chi connectivity index (χ2n) is 7.28. The van der Waals surface area contributed by atoms with Crippen molar-refractivity contribution >= 4 is 22.7 Å². The van der Waals surface area contributed by atoms with Crippen molar-refractivity contribution < 1.29 is 9.59 Å². The van der Waals surface area contributed by atoms with E-state index in [1.807, 2.05) is 63.2 Å². The highest BCUT2D eigenvalue weighted by molar-refractivity contribution is 6.17. The Morgan fingerprint density at radius 1 is 1.14 bits per heavy atom. The lowest BCUT2D eigenvalue weighted by Crippen LogP contribution is -2.33. The molecule has 146 valence electrons. The molecule has 0 saturated carbocycles. The number of aromatic nitrogens is 1. The largest absolute Gasteiger partial charge is 0.366 e. The summed E-state index contributed by atoms with van der Waals surface area (Å²) in [7, 11) is 3.88. The number of fused-ring (bicyclic) bond motifs is 1. The molecule has 0 radical (unpaired) electrons. The average Bonchev–Trinajstić information content (AvgIpc) is 3.00. The number of carbonyl (C=O) groups excluding carboxylic acids is 2. The summed E-state index contributed by atoms with van der Waals surface area (Å²) in [5.74, 6) is -0.896. The van der Waals surface area contributed by atoms with E-state index >= 15 is 0 Å². The zero-order valence-electron chi connectivity index (χ0n) is 16.7. The van der Waals surface area contributed by atoms with Crippen LogP contribution in [0.15, 0.2) is 36.4 Å². The molecule has 0 atom stereocenters. The van der Waals surface area contributed by atoms with Crippen molar-refractivity contribution in [3.63, 3.8) is 0 Å². The molecule has 3 rings (SSSR count). The quantitative estimate of drug-likeness (QED) is 0.616. The third kappa shape index (κ3) is 3.64. The summed E-state index contributed by atoms with van der Waals surface area (Å²) in [4.78, 5) is 30.6. The van der Waals surface area contributed by atoms with Crippen molar-refractivity contribution in [1.29, 1.82) is 0 Å². The number of hydrogen-bond acceptors (Lipinski definition) is 3. The van der Waals surface area contributed by atoms with Gasteiger partial charge in [0.15, 0.2) is 0 Å². The first-order chi connectivity index (χ1) is 13.3. The standard InChI is InChI=1S/C22H26N4O2/c1-13-12-16(21(23)27)18(22(28)24-10-11-26(3)4)17-14(2)20(25-19(13)17)15-8-6-5-7-9-15/h5-9,12,25H,10-11H2,1-4H3,(H2,23,27)(H,24,28). The topological polar surface area (TPSA) is 91.2 Å². The number of aromatic amines is 1. The maximum Gasteiger partial charge on any atom is 0.252 e. The highest BCUT2D eigenvalue weighted by Crippen LogP contribution is 2.35. The van der Waals surface area contributed by atoms with Gasteiger partial charge in [0, 0.05) is 29.7 Å². The van der Waals surface area contributed by atoms with Gasteiger partial charge in [0.05, 0.1) is 11.1 Å². The van der Waals surface area contributed by atoms with Gasteiger partial charge in [0.1, 0.15) is 0 Å². The summed E-state index contributed by atoms with van der Waals surface area (Å²) in [6.45, 7) is 5.05. The average molecular weight is 378 g/mol. The van der Waals surface area contributed by atoms with Crippen LogP contribution in [0.5, 0.6) is 0 Å². The monoisotopic (exact) mass is 378 g/mol. The maximum atomic E-state index is 13.0. The van der Waals surface area contributed by atoms with E-state index < -0.39 is 5.91 Å². The number of rotatable bonds is 6. The van der Waals surface area contributed by atoms with Gasteiger partial charge in [0.2, 0.25) is 5.91 Å². The molecule has 0 saturated heterocycles. The summed E-state index contributed by atoms with van der Waals surface area (Å²) in [6.07, 6.45) is 0. The minimum Gasteiger partial charge on any atom is -0.366 e. The number of primary amides is 1. The first kappa shape index (κ1) is 19.6. The van der Waals surface area contributed by atoms with E-state index in [9.17, 15) is 9.59 Å². The predicted molar refractivity (Wildman–Crippen MR) is 113 cm³/mol. The van der Waals surface area contributed by atoms with Crippen LogP contribution < -0.4 is 11.1 Å². The molecule has 6 heteroatoms. The fourth-order valence-electron chi connectivity index (χ4n) is 3.50. The number of hydrogen-bond donors (Lipinski definition) is 3. The number of nitrogens with one attached hydrogen (secondary N) is 2. The van der Waals surface area contributed by atoms with Gasteiger partial charge in [0.25, 0.3) is 5.91 Å². The highest BCUT2D eigenvalue weighted by Gasteiger charge is 2.24. The van der Waals surface area contributed by atoms with Gasteiger partial charge >= 0.3 is 0 Å². The Kier molecular flexibility index (Phi) is 5.51. The van der Waals surface area contributed by atoms with Gasteiger partial charge in [-0.05, 0) is 50.7 Å². The molecular weight excluding hydrogens is 352 g/mol. The summed E-state index contributed by atoms with van der Waals surface area (Å²) >= 11 is 0. The Morgan fingerprint density at radius 3 is 2.43 bits per heavy atom. The lowest BCUT2D eigenvalue weighted by molar-refractivity contribution is 0.0935. The predicted octanol–water partition coefficient (Wildman–Crippen LogP) is 2.84. The van der Waals surface area contributed by atoms with E-state index in [1.165, 1.54) is 0 Å². The number of likely N-dealkylation sites (N-methyl/N-ethyl adjacent to an activating group) is 1. The lowest BCUT2D eigenvalue weighted by Gasteiger charge is -2.14. The van der Waals surface area contributed by atoms with Crippen molar-refractivity contribution in [3.8, 4) is 11.3 Å². The fourth-order valence-corrected chi connectivity index (χ4v) is 3.50. The molecule has 4 N–H and O–H groups in total. The molecule has 1 heterocycles. The van der Waals surface area contributed by atoms with Crippen molar-refractivity contribution in [2.75, 3.05) is 27.2 Å². The number of H-pyrrole nitrogens is 1. The summed E-state index contributed by atoms with van der Waals surface area (Å²) < 4.78 is 0. The smallest absolute Gasteiger partial charge is 0.252 e. The number of nitrogens with zero attached hydrogens (tertiary/aromatic N) is 1. The number of amides is 2. The third-order valence-electron chi connectivity index (χ3n) is 4.92. The van der Waals surface area contributed by atoms with E-state index in [0.717, 1.165) is 33.3 Å². The van der Waals surface area contributed by atoms with Crippen LogP contribution in [0.1, 0.15) is 31.8 Å². The molecule has 1 aromatic heterocycles. The molecule has 0 aliphatic heterocycles. The van der Waals surface area contributed by atoms with Crippen molar-refractivity contribution in [3.05, 3.63) is 58.7 Å². The molecule has 0 fully saturated rings. The Labute approximate surface area is 164 Å². The molecule has 6 nitrogen and oxygen atoms in total. The molecule has 2 amide bonds. The van der Waals surface area contributed by atoms with Crippen LogP contribution in [-0.2, 0) is 0 Å². The second kappa shape index (κ2) is 7.86. The summed E-state index contributed by atoms with van der Waals surface area (Å²) in [6, 6.07) is 11.6. The zero-order chi connectivity index (χ0) is 20.4. The Bertz CT molecular complexity index is 1040. The minimum absolute atomic E-state index is 0.245. The minimum atomic E-state index is -0.607. The maximum absolute atomic E-state index is 13.0. The molecule has 2 aromatic carbocycles. The highest BCUT2D eigenvalue weighted by atomic mass is 16.2. The zero-order valence-corrected chi connectivity index (χ0v) is 16.7. The van der Waals surface area contributed by atoms with Crippen molar-refractivity contribution in [2.24, 2.45) is 5.73 Å². The van der Waals surface area contributed by atoms with Crippen LogP contribution >= 0.6 is 0 Å². The van der Waals surface area contributed by atoms with E-state index in [2.05, 4.69) is 10.3 Å². The molecule has 28 heavy (non-hydrogen) atoms. The fraction of sp³-hybridized carbons (Fsp3) is 0.273. The first-order valence-electron chi connectivity index (χ1n) is 9.25. The number of nitrogens with two attached hydrogens (primary N) is 1. The van der Waals surface area contributed by atoms with Crippen LogP contribution in [-0.4, -0.2) is 48.9 Å². The van der Waals surface area contributed by atoms with Crippen molar-refractivity contribution in [1.82, 2.24) is 15.2 Å². The van der Waals surface area contributed by atoms with Gasteiger partial charge in [-0.3, -0.25) is 9.59 Å². The Morgan fingerprint density at radius 2 is 1.82 bits per heavy atom. The number of aryl methyl sites for hydroxylation is 2. The van der Waals surface area contributed by atoms with Gasteiger partial charge in [-0.1, -0.05) is 30.3 Å². The van der Waals surface area contributed by atoms with Crippen LogP contribution in [0.25, 0.3) is 22.2 Å².